The monoisotopic (exact) mass is 304 g/mol. The molecular weight excluding hydrogens is 280 g/mol. The number of esters is 1. The van der Waals surface area contributed by atoms with E-state index in [4.69, 9.17) is 0 Å². The molecule has 1 fully saturated rings. The number of benzene rings is 1. The number of rotatable bonds is 5. The van der Waals surface area contributed by atoms with Crippen LogP contribution in [0.4, 0.5) is 0 Å². The van der Waals surface area contributed by atoms with E-state index in [1.54, 1.807) is 24.3 Å². The van der Waals surface area contributed by atoms with Crippen LogP contribution in [0, 0.1) is 0 Å². The van der Waals surface area contributed by atoms with E-state index in [0.29, 0.717) is 11.1 Å². The van der Waals surface area contributed by atoms with E-state index < -0.39 is 5.97 Å². The van der Waals surface area contributed by atoms with E-state index in [2.05, 4.69) is 15.0 Å². The van der Waals surface area contributed by atoms with Crippen molar-refractivity contribution in [3.05, 3.63) is 35.4 Å². The number of nitrogens with one attached hydrogen (secondary N) is 1. The summed E-state index contributed by atoms with van der Waals surface area (Å²) in [6, 6.07) is 6.67. The van der Waals surface area contributed by atoms with Gasteiger partial charge in [0.15, 0.2) is 0 Å². The molecule has 22 heavy (non-hydrogen) atoms. The Morgan fingerprint density at radius 1 is 1.23 bits per heavy atom. The van der Waals surface area contributed by atoms with Crippen LogP contribution in [-0.4, -0.2) is 49.6 Å². The summed E-state index contributed by atoms with van der Waals surface area (Å²) in [7, 11) is 1.33. The van der Waals surface area contributed by atoms with Gasteiger partial charge in [0.1, 0.15) is 0 Å². The fourth-order valence-corrected chi connectivity index (χ4v) is 2.79. The van der Waals surface area contributed by atoms with Gasteiger partial charge in [-0.1, -0.05) is 12.5 Å². The first kappa shape index (κ1) is 16.5. The van der Waals surface area contributed by atoms with Crippen molar-refractivity contribution < 1.29 is 14.3 Å². The zero-order valence-electron chi connectivity index (χ0n) is 13.3. The third kappa shape index (κ3) is 4.56. The minimum atomic E-state index is -0.434. The van der Waals surface area contributed by atoms with Crippen molar-refractivity contribution >= 4 is 11.9 Å². The molecule has 120 valence electrons. The molecular formula is C17H24N2O3. The Morgan fingerprint density at radius 2 is 1.91 bits per heavy atom. The first-order chi connectivity index (χ1) is 10.6. The zero-order chi connectivity index (χ0) is 15.9. The maximum Gasteiger partial charge on any atom is 0.337 e. The summed E-state index contributed by atoms with van der Waals surface area (Å²) in [6.07, 6.45) is 3.78. The van der Waals surface area contributed by atoms with Crippen LogP contribution in [0.2, 0.25) is 0 Å². The highest BCUT2D eigenvalue weighted by Gasteiger charge is 2.16. The number of likely N-dealkylation sites (tertiary alicyclic amines) is 1. The van der Waals surface area contributed by atoms with Gasteiger partial charge in [-0.25, -0.2) is 4.79 Å². The lowest BCUT2D eigenvalue weighted by Crippen LogP contribution is -2.43. The lowest BCUT2D eigenvalue weighted by atomic mass is 10.1. The minimum Gasteiger partial charge on any atom is -0.465 e. The second-order valence-electron chi connectivity index (χ2n) is 5.81. The van der Waals surface area contributed by atoms with Crippen molar-refractivity contribution in [2.45, 2.75) is 32.2 Å². The second-order valence-corrected chi connectivity index (χ2v) is 5.81. The standard InChI is InChI=1S/C17H24N2O3/c1-13(12-19-9-4-3-5-10-19)18-16(20)14-7-6-8-15(11-14)17(21)22-2/h6-8,11,13H,3-5,9-10,12H2,1-2H3,(H,18,20). The number of hydrogen-bond donors (Lipinski definition) is 1. The van der Waals surface area contributed by atoms with E-state index in [9.17, 15) is 9.59 Å². The van der Waals surface area contributed by atoms with E-state index in [0.717, 1.165) is 19.6 Å². The second kappa shape index (κ2) is 7.94. The number of nitrogens with zero attached hydrogens (tertiary/aromatic N) is 1. The summed E-state index contributed by atoms with van der Waals surface area (Å²) in [5, 5.41) is 2.99. The zero-order valence-corrected chi connectivity index (χ0v) is 13.3. The Morgan fingerprint density at radius 3 is 2.59 bits per heavy atom. The summed E-state index contributed by atoms with van der Waals surface area (Å²) in [5.74, 6) is -0.591. The maximum absolute atomic E-state index is 12.3. The molecule has 1 aromatic rings. The Hall–Kier alpha value is -1.88. The van der Waals surface area contributed by atoms with E-state index in [1.807, 2.05) is 6.92 Å². The molecule has 1 N–H and O–H groups in total. The van der Waals surface area contributed by atoms with Gasteiger partial charge in [-0.05, 0) is 51.1 Å². The van der Waals surface area contributed by atoms with Gasteiger partial charge in [-0.2, -0.15) is 0 Å². The first-order valence-electron chi connectivity index (χ1n) is 7.81. The molecule has 2 rings (SSSR count). The molecule has 1 atom stereocenters. The van der Waals surface area contributed by atoms with Gasteiger partial charge >= 0.3 is 5.97 Å². The molecule has 0 aromatic heterocycles. The molecule has 5 heteroatoms. The Bertz CT molecular complexity index is 524. The number of carbonyl (C=O) groups excluding carboxylic acids is 2. The number of ether oxygens (including phenoxy) is 1. The van der Waals surface area contributed by atoms with E-state index in [1.165, 1.54) is 26.4 Å². The Labute approximate surface area is 131 Å². The minimum absolute atomic E-state index is 0.0763. The number of carbonyl (C=O) groups is 2. The normalized spacial score (nSPS) is 16.8. The number of methoxy groups -OCH3 is 1. The van der Waals surface area contributed by atoms with E-state index >= 15 is 0 Å². The van der Waals surface area contributed by atoms with Crippen LogP contribution >= 0.6 is 0 Å². The average molecular weight is 304 g/mol. The van der Waals surface area contributed by atoms with E-state index in [-0.39, 0.29) is 11.9 Å². The van der Waals surface area contributed by atoms with Crippen molar-refractivity contribution in [3.8, 4) is 0 Å². The molecule has 0 bridgehead atoms. The van der Waals surface area contributed by atoms with Crippen LogP contribution in [0.3, 0.4) is 0 Å². The Kier molecular flexibility index (Phi) is 5.95. The predicted octanol–water partition coefficient (Wildman–Crippen LogP) is 2.08. The van der Waals surface area contributed by atoms with Crippen molar-refractivity contribution in [2.24, 2.45) is 0 Å². The molecule has 1 unspecified atom stereocenters. The van der Waals surface area contributed by atoms with Gasteiger partial charge in [0.25, 0.3) is 5.91 Å². The molecule has 1 heterocycles. The molecule has 1 saturated heterocycles. The lowest BCUT2D eigenvalue weighted by Gasteiger charge is -2.29. The van der Waals surface area contributed by atoms with Crippen LogP contribution in [0.25, 0.3) is 0 Å². The van der Waals surface area contributed by atoms with Gasteiger partial charge in [0.05, 0.1) is 12.7 Å². The van der Waals surface area contributed by atoms with Crippen LogP contribution in [0.1, 0.15) is 46.9 Å². The Balaban J connectivity index is 1.92. The van der Waals surface area contributed by atoms with Crippen LogP contribution in [0.15, 0.2) is 24.3 Å². The van der Waals surface area contributed by atoms with Gasteiger partial charge in [0, 0.05) is 18.2 Å². The fraction of sp³-hybridized carbons (Fsp3) is 0.529. The van der Waals surface area contributed by atoms with Crippen LogP contribution in [-0.2, 0) is 4.74 Å². The quantitative estimate of drug-likeness (QED) is 0.846. The molecule has 0 saturated carbocycles. The van der Waals surface area contributed by atoms with Crippen molar-refractivity contribution in [1.29, 1.82) is 0 Å². The SMILES string of the molecule is COC(=O)c1cccc(C(=O)NC(C)CN2CCCCC2)c1. The third-order valence-corrected chi connectivity index (χ3v) is 3.90. The molecule has 5 nitrogen and oxygen atoms in total. The van der Waals surface area contributed by atoms with Gasteiger partial charge < -0.3 is 15.0 Å². The summed E-state index contributed by atoms with van der Waals surface area (Å²) in [4.78, 5) is 26.2. The van der Waals surface area contributed by atoms with Gasteiger partial charge in [0.2, 0.25) is 0 Å². The summed E-state index contributed by atoms with van der Waals surface area (Å²) in [5.41, 5.74) is 0.868. The lowest BCUT2D eigenvalue weighted by molar-refractivity contribution is 0.0600. The number of amides is 1. The fourth-order valence-electron chi connectivity index (χ4n) is 2.79. The van der Waals surface area contributed by atoms with Crippen molar-refractivity contribution in [2.75, 3.05) is 26.7 Å². The highest BCUT2D eigenvalue weighted by atomic mass is 16.5. The van der Waals surface area contributed by atoms with Gasteiger partial charge in [-0.3, -0.25) is 4.79 Å². The van der Waals surface area contributed by atoms with Crippen molar-refractivity contribution in [3.63, 3.8) is 0 Å². The molecule has 1 amide bonds. The topological polar surface area (TPSA) is 58.6 Å². The summed E-state index contributed by atoms with van der Waals surface area (Å²) >= 11 is 0. The molecule has 1 aromatic carbocycles. The van der Waals surface area contributed by atoms with Crippen molar-refractivity contribution in [1.82, 2.24) is 10.2 Å². The summed E-state index contributed by atoms with van der Waals surface area (Å²) < 4.78 is 4.68. The predicted molar refractivity (Wildman–Crippen MR) is 85.0 cm³/mol. The molecule has 0 aliphatic carbocycles. The molecule has 0 radical (unpaired) electrons. The highest BCUT2D eigenvalue weighted by Crippen LogP contribution is 2.10. The first-order valence-corrected chi connectivity index (χ1v) is 7.81. The molecule has 1 aliphatic heterocycles. The van der Waals surface area contributed by atoms with Crippen LogP contribution < -0.4 is 5.32 Å². The van der Waals surface area contributed by atoms with Crippen LogP contribution in [0.5, 0.6) is 0 Å². The maximum atomic E-state index is 12.3. The average Bonchev–Trinajstić information content (AvgIpc) is 2.55. The highest BCUT2D eigenvalue weighted by molar-refractivity contribution is 5.98. The number of piperidine rings is 1. The largest absolute Gasteiger partial charge is 0.465 e. The third-order valence-electron chi connectivity index (χ3n) is 3.90. The molecule has 1 aliphatic rings. The smallest absolute Gasteiger partial charge is 0.337 e. The summed E-state index contributed by atoms with van der Waals surface area (Å²) in [6.45, 7) is 5.09. The van der Waals surface area contributed by atoms with Gasteiger partial charge in [-0.15, -0.1) is 0 Å². The number of hydrogen-bond acceptors (Lipinski definition) is 4. The molecule has 0 spiro atoms.